The van der Waals surface area contributed by atoms with Crippen LogP contribution in [0.3, 0.4) is 0 Å². The van der Waals surface area contributed by atoms with Gasteiger partial charge in [0, 0.05) is 10.2 Å². The number of carbonyl (C=O) groups is 1. The molecule has 0 fully saturated rings. The van der Waals surface area contributed by atoms with Crippen LogP contribution in [0.15, 0.2) is 10.5 Å². The summed E-state index contributed by atoms with van der Waals surface area (Å²) in [6.07, 6.45) is 0. The summed E-state index contributed by atoms with van der Waals surface area (Å²) < 4.78 is 2.21. The standard InChI is InChI=1S/C8H7BrN2O2/c1-5-7(9)2-6(3-10)11(5)4-8(12)13/h2H,4H2,1H3,(H,12,13). The number of carboxylic acids is 1. The minimum Gasteiger partial charge on any atom is -0.480 e. The summed E-state index contributed by atoms with van der Waals surface area (Å²) in [6.45, 7) is 1.58. The highest BCUT2D eigenvalue weighted by Crippen LogP contribution is 2.20. The predicted molar refractivity (Wildman–Crippen MR) is 49.2 cm³/mol. The Balaban J connectivity index is 3.18. The zero-order valence-electron chi connectivity index (χ0n) is 6.91. The molecule has 1 N–H and O–H groups in total. The molecule has 0 aliphatic heterocycles. The van der Waals surface area contributed by atoms with Crippen LogP contribution in [0.1, 0.15) is 11.4 Å². The zero-order valence-corrected chi connectivity index (χ0v) is 8.50. The third-order valence-corrected chi connectivity index (χ3v) is 2.52. The minimum absolute atomic E-state index is 0.180. The summed E-state index contributed by atoms with van der Waals surface area (Å²) in [5.74, 6) is -0.956. The molecule has 1 heterocycles. The molecule has 13 heavy (non-hydrogen) atoms. The molecule has 0 aliphatic rings. The number of aliphatic carboxylic acids is 1. The average molecular weight is 243 g/mol. The van der Waals surface area contributed by atoms with E-state index in [0.29, 0.717) is 5.69 Å². The van der Waals surface area contributed by atoms with Crippen molar-refractivity contribution in [3.63, 3.8) is 0 Å². The van der Waals surface area contributed by atoms with Gasteiger partial charge in [-0.15, -0.1) is 0 Å². The minimum atomic E-state index is -0.956. The van der Waals surface area contributed by atoms with E-state index in [2.05, 4.69) is 15.9 Å². The number of halogens is 1. The highest BCUT2D eigenvalue weighted by atomic mass is 79.9. The fourth-order valence-electron chi connectivity index (χ4n) is 1.04. The molecule has 0 bridgehead atoms. The lowest BCUT2D eigenvalue weighted by Gasteiger charge is -2.02. The molecule has 5 heteroatoms. The predicted octanol–water partition coefficient (Wildman–Crippen LogP) is 1.52. The van der Waals surface area contributed by atoms with Crippen molar-refractivity contribution in [1.29, 1.82) is 5.26 Å². The van der Waals surface area contributed by atoms with Crippen LogP contribution in [0, 0.1) is 18.3 Å². The Kier molecular flexibility index (Phi) is 2.73. The monoisotopic (exact) mass is 242 g/mol. The molecule has 0 amide bonds. The van der Waals surface area contributed by atoms with Gasteiger partial charge >= 0.3 is 5.97 Å². The van der Waals surface area contributed by atoms with Crippen molar-refractivity contribution >= 4 is 21.9 Å². The van der Waals surface area contributed by atoms with Crippen LogP contribution >= 0.6 is 15.9 Å². The molecule has 1 rings (SSSR count). The molecule has 1 aromatic heterocycles. The summed E-state index contributed by atoms with van der Waals surface area (Å²) >= 11 is 3.23. The van der Waals surface area contributed by atoms with Crippen LogP contribution in [-0.2, 0) is 11.3 Å². The van der Waals surface area contributed by atoms with E-state index in [9.17, 15) is 4.79 Å². The summed E-state index contributed by atoms with van der Waals surface area (Å²) in [4.78, 5) is 10.5. The lowest BCUT2D eigenvalue weighted by Crippen LogP contribution is -2.11. The van der Waals surface area contributed by atoms with Gasteiger partial charge in [0.2, 0.25) is 0 Å². The van der Waals surface area contributed by atoms with E-state index in [1.807, 2.05) is 6.07 Å². The van der Waals surface area contributed by atoms with Crippen LogP contribution in [0.4, 0.5) is 0 Å². The normalized spacial score (nSPS) is 9.62. The third-order valence-electron chi connectivity index (χ3n) is 1.71. The maximum Gasteiger partial charge on any atom is 0.323 e. The average Bonchev–Trinajstić information content (AvgIpc) is 2.31. The highest BCUT2D eigenvalue weighted by molar-refractivity contribution is 9.10. The van der Waals surface area contributed by atoms with Gasteiger partial charge in [-0.1, -0.05) is 0 Å². The molecule has 0 saturated carbocycles. The molecular weight excluding hydrogens is 236 g/mol. The Morgan fingerprint density at radius 2 is 2.46 bits per heavy atom. The molecule has 0 radical (unpaired) electrons. The Bertz CT molecular complexity index is 390. The van der Waals surface area contributed by atoms with Crippen LogP contribution < -0.4 is 0 Å². The number of carboxylic acid groups (broad SMARTS) is 1. The highest BCUT2D eigenvalue weighted by Gasteiger charge is 2.11. The van der Waals surface area contributed by atoms with E-state index in [4.69, 9.17) is 10.4 Å². The molecule has 0 unspecified atom stereocenters. The molecular formula is C8H7BrN2O2. The number of hydrogen-bond donors (Lipinski definition) is 1. The molecule has 4 nitrogen and oxygen atoms in total. The fraction of sp³-hybridized carbons (Fsp3) is 0.250. The zero-order chi connectivity index (χ0) is 10.0. The van der Waals surface area contributed by atoms with Crippen LogP contribution in [0.5, 0.6) is 0 Å². The van der Waals surface area contributed by atoms with Gasteiger partial charge in [-0.2, -0.15) is 5.26 Å². The van der Waals surface area contributed by atoms with Gasteiger partial charge in [0.05, 0.1) is 0 Å². The first-order valence-electron chi connectivity index (χ1n) is 3.53. The van der Waals surface area contributed by atoms with E-state index < -0.39 is 5.97 Å². The van der Waals surface area contributed by atoms with Crippen LogP contribution in [0.2, 0.25) is 0 Å². The summed E-state index contributed by atoms with van der Waals surface area (Å²) in [5.41, 5.74) is 1.10. The van der Waals surface area contributed by atoms with Crippen molar-refractivity contribution < 1.29 is 9.90 Å². The van der Waals surface area contributed by atoms with E-state index >= 15 is 0 Å². The molecule has 0 aromatic carbocycles. The largest absolute Gasteiger partial charge is 0.480 e. The molecule has 68 valence electrons. The smallest absolute Gasteiger partial charge is 0.323 e. The lowest BCUT2D eigenvalue weighted by molar-refractivity contribution is -0.137. The van der Waals surface area contributed by atoms with Crippen LogP contribution in [0.25, 0.3) is 0 Å². The number of aromatic nitrogens is 1. The number of hydrogen-bond acceptors (Lipinski definition) is 2. The fourth-order valence-corrected chi connectivity index (χ4v) is 1.47. The third kappa shape index (κ3) is 1.90. The molecule has 1 aromatic rings. The van der Waals surface area contributed by atoms with E-state index in [1.165, 1.54) is 4.57 Å². The Hall–Kier alpha value is -1.28. The summed E-state index contributed by atoms with van der Waals surface area (Å²) in [6, 6.07) is 3.54. The molecule has 0 aliphatic carbocycles. The molecule has 0 saturated heterocycles. The lowest BCUT2D eigenvalue weighted by atomic mass is 10.4. The number of nitrogens with zero attached hydrogens (tertiary/aromatic N) is 2. The SMILES string of the molecule is Cc1c(Br)cc(C#N)n1CC(=O)O. The maximum atomic E-state index is 10.5. The van der Waals surface area contributed by atoms with E-state index in [-0.39, 0.29) is 6.54 Å². The second-order valence-electron chi connectivity index (χ2n) is 2.55. The second kappa shape index (κ2) is 3.62. The first-order valence-corrected chi connectivity index (χ1v) is 4.33. The van der Waals surface area contributed by atoms with Crippen molar-refractivity contribution in [2.24, 2.45) is 0 Å². The summed E-state index contributed by atoms with van der Waals surface area (Å²) in [7, 11) is 0. The van der Waals surface area contributed by atoms with Gasteiger partial charge in [0.1, 0.15) is 18.3 Å². The Morgan fingerprint density at radius 1 is 1.85 bits per heavy atom. The molecule has 0 spiro atoms. The molecule has 0 atom stereocenters. The second-order valence-corrected chi connectivity index (χ2v) is 3.41. The summed E-state index contributed by atoms with van der Waals surface area (Å²) in [5, 5.41) is 17.3. The van der Waals surface area contributed by atoms with Crippen molar-refractivity contribution in [2.75, 3.05) is 0 Å². The first kappa shape index (κ1) is 9.81. The number of nitriles is 1. The van der Waals surface area contributed by atoms with Gasteiger partial charge in [-0.3, -0.25) is 4.79 Å². The van der Waals surface area contributed by atoms with Gasteiger partial charge in [-0.05, 0) is 28.9 Å². The van der Waals surface area contributed by atoms with E-state index in [0.717, 1.165) is 10.2 Å². The maximum absolute atomic E-state index is 10.5. The number of rotatable bonds is 2. The first-order chi connectivity index (χ1) is 6.06. The van der Waals surface area contributed by atoms with Crippen LogP contribution in [-0.4, -0.2) is 15.6 Å². The van der Waals surface area contributed by atoms with E-state index in [1.54, 1.807) is 13.0 Å². The quantitative estimate of drug-likeness (QED) is 0.856. The van der Waals surface area contributed by atoms with Crippen molar-refractivity contribution in [2.45, 2.75) is 13.5 Å². The van der Waals surface area contributed by atoms with Gasteiger partial charge in [0.25, 0.3) is 0 Å². The van der Waals surface area contributed by atoms with Crippen molar-refractivity contribution in [3.05, 3.63) is 21.9 Å². The topological polar surface area (TPSA) is 66.0 Å². The Labute approximate surface area is 83.5 Å². The van der Waals surface area contributed by atoms with Gasteiger partial charge in [0.15, 0.2) is 0 Å². The Morgan fingerprint density at radius 3 is 2.92 bits per heavy atom. The van der Waals surface area contributed by atoms with Crippen molar-refractivity contribution in [1.82, 2.24) is 4.57 Å². The van der Waals surface area contributed by atoms with Crippen molar-refractivity contribution in [3.8, 4) is 6.07 Å². The van der Waals surface area contributed by atoms with Gasteiger partial charge < -0.3 is 9.67 Å². The van der Waals surface area contributed by atoms with Gasteiger partial charge in [-0.25, -0.2) is 0 Å².